The molecular weight excluding hydrogens is 230 g/mol. The van der Waals surface area contributed by atoms with E-state index in [1.807, 2.05) is 18.7 Å². The number of hydrogen-bond donors (Lipinski definition) is 1. The molecule has 0 saturated heterocycles. The molecule has 2 aromatic heterocycles. The van der Waals surface area contributed by atoms with Gasteiger partial charge in [-0.05, 0) is 18.7 Å². The van der Waals surface area contributed by atoms with Crippen LogP contribution >= 0.6 is 23.1 Å². The highest BCUT2D eigenvalue weighted by atomic mass is 32.2. The molecule has 80 valence electrons. The third-order valence-corrected chi connectivity index (χ3v) is 4.00. The van der Waals surface area contributed by atoms with Gasteiger partial charge in [0.1, 0.15) is 10.5 Å². The minimum atomic E-state index is 0.501. The van der Waals surface area contributed by atoms with E-state index in [-0.39, 0.29) is 0 Å². The maximum atomic E-state index is 5.69. The molecule has 0 saturated carbocycles. The Labute approximate surface area is 95.7 Å². The second-order valence-electron chi connectivity index (χ2n) is 3.00. The van der Waals surface area contributed by atoms with E-state index >= 15 is 0 Å². The van der Waals surface area contributed by atoms with E-state index in [9.17, 15) is 0 Å². The molecule has 0 aromatic carbocycles. The van der Waals surface area contributed by atoms with E-state index < -0.39 is 0 Å². The fraction of sp³-hybridized carbons (Fsp3) is 0.375. The van der Waals surface area contributed by atoms with Crippen LogP contribution in [0.4, 0.5) is 0 Å². The van der Waals surface area contributed by atoms with Gasteiger partial charge in [-0.1, -0.05) is 11.3 Å². The van der Waals surface area contributed by atoms with Gasteiger partial charge in [0.25, 0.3) is 0 Å². The molecule has 0 unspecified atom stereocenters. The van der Waals surface area contributed by atoms with E-state index in [0.29, 0.717) is 6.54 Å². The first-order valence-electron chi connectivity index (χ1n) is 4.39. The molecule has 5 nitrogen and oxygen atoms in total. The first-order chi connectivity index (χ1) is 7.22. The lowest BCUT2D eigenvalue weighted by molar-refractivity contribution is 0.688. The van der Waals surface area contributed by atoms with Gasteiger partial charge in [-0.25, -0.2) is 0 Å². The molecule has 2 rings (SSSR count). The molecule has 0 bridgehead atoms. The van der Waals surface area contributed by atoms with Crippen molar-refractivity contribution in [3.05, 3.63) is 16.8 Å². The Morgan fingerprint density at radius 1 is 1.60 bits per heavy atom. The van der Waals surface area contributed by atoms with E-state index in [0.717, 1.165) is 20.6 Å². The van der Waals surface area contributed by atoms with Crippen LogP contribution in [0.1, 0.15) is 11.3 Å². The molecule has 7 heteroatoms. The lowest BCUT2D eigenvalue weighted by Crippen LogP contribution is -1.99. The van der Waals surface area contributed by atoms with Crippen molar-refractivity contribution in [1.82, 2.24) is 20.0 Å². The van der Waals surface area contributed by atoms with E-state index in [1.54, 1.807) is 17.3 Å². The van der Waals surface area contributed by atoms with Gasteiger partial charge in [0.15, 0.2) is 4.34 Å². The van der Waals surface area contributed by atoms with Crippen molar-refractivity contribution in [2.75, 3.05) is 0 Å². The van der Waals surface area contributed by atoms with Crippen LogP contribution in [0.3, 0.4) is 0 Å². The molecule has 2 aromatic rings. The Morgan fingerprint density at radius 3 is 3.00 bits per heavy atom. The van der Waals surface area contributed by atoms with Crippen molar-refractivity contribution in [1.29, 1.82) is 0 Å². The zero-order valence-corrected chi connectivity index (χ0v) is 10.1. The van der Waals surface area contributed by atoms with Crippen LogP contribution in [0.2, 0.25) is 0 Å². The third-order valence-electron chi connectivity index (χ3n) is 2.02. The average molecular weight is 241 g/mol. The normalized spacial score (nSPS) is 10.9. The predicted molar refractivity (Wildman–Crippen MR) is 59.9 cm³/mol. The van der Waals surface area contributed by atoms with Crippen molar-refractivity contribution in [2.45, 2.75) is 22.8 Å². The van der Waals surface area contributed by atoms with E-state index in [2.05, 4.69) is 15.3 Å². The number of aryl methyl sites for hydroxylation is 2. The summed E-state index contributed by atoms with van der Waals surface area (Å²) < 4.78 is 2.75. The average Bonchev–Trinajstić information content (AvgIpc) is 2.77. The maximum Gasteiger partial charge on any atom is 0.180 e. The highest BCUT2D eigenvalue weighted by Crippen LogP contribution is 2.31. The van der Waals surface area contributed by atoms with Crippen LogP contribution in [0.25, 0.3) is 0 Å². The molecular formula is C8H11N5S2. The standard InChI is InChI=1S/C8H11N5S2/c1-5-6(3-9)7(13(2)12-5)15-8-11-10-4-14-8/h4H,3,9H2,1-2H3. The SMILES string of the molecule is Cc1nn(C)c(Sc2nncs2)c1CN. The lowest BCUT2D eigenvalue weighted by atomic mass is 10.3. The Hall–Kier alpha value is -0.920. The first kappa shape index (κ1) is 10.6. The third kappa shape index (κ3) is 2.04. The second kappa shape index (κ2) is 4.30. The number of rotatable bonds is 3. The van der Waals surface area contributed by atoms with Crippen molar-refractivity contribution in [2.24, 2.45) is 12.8 Å². The Kier molecular flexibility index (Phi) is 3.03. The molecule has 2 heterocycles. The molecule has 0 atom stereocenters. The van der Waals surface area contributed by atoms with Crippen molar-refractivity contribution in [3.8, 4) is 0 Å². The van der Waals surface area contributed by atoms with Crippen LogP contribution in [0.5, 0.6) is 0 Å². The largest absolute Gasteiger partial charge is 0.326 e. The second-order valence-corrected chi connectivity index (χ2v) is 5.07. The lowest BCUT2D eigenvalue weighted by Gasteiger charge is -2.00. The van der Waals surface area contributed by atoms with Gasteiger partial charge in [0.05, 0.1) is 5.69 Å². The summed E-state index contributed by atoms with van der Waals surface area (Å²) in [6, 6.07) is 0. The fourth-order valence-corrected chi connectivity index (χ4v) is 2.95. The van der Waals surface area contributed by atoms with E-state index in [4.69, 9.17) is 5.73 Å². The summed E-state index contributed by atoms with van der Waals surface area (Å²) in [6.07, 6.45) is 0. The van der Waals surface area contributed by atoms with Crippen molar-refractivity contribution >= 4 is 23.1 Å². The topological polar surface area (TPSA) is 69.6 Å². The first-order valence-corrected chi connectivity index (χ1v) is 6.08. The molecule has 2 N–H and O–H groups in total. The van der Waals surface area contributed by atoms with Gasteiger partial charge in [-0.15, -0.1) is 10.2 Å². The van der Waals surface area contributed by atoms with Gasteiger partial charge in [0.2, 0.25) is 0 Å². The minimum Gasteiger partial charge on any atom is -0.326 e. The fourth-order valence-electron chi connectivity index (χ4n) is 1.33. The van der Waals surface area contributed by atoms with Gasteiger partial charge in [0, 0.05) is 19.2 Å². The number of nitrogens with zero attached hydrogens (tertiary/aromatic N) is 4. The van der Waals surface area contributed by atoms with Gasteiger partial charge < -0.3 is 5.73 Å². The highest BCUT2D eigenvalue weighted by Gasteiger charge is 2.14. The smallest absolute Gasteiger partial charge is 0.180 e. The van der Waals surface area contributed by atoms with Crippen molar-refractivity contribution in [3.63, 3.8) is 0 Å². The number of aromatic nitrogens is 4. The van der Waals surface area contributed by atoms with Crippen LogP contribution in [-0.2, 0) is 13.6 Å². The molecule has 0 radical (unpaired) electrons. The molecule has 15 heavy (non-hydrogen) atoms. The van der Waals surface area contributed by atoms with Crippen LogP contribution in [-0.4, -0.2) is 20.0 Å². The minimum absolute atomic E-state index is 0.501. The monoisotopic (exact) mass is 241 g/mol. The summed E-state index contributed by atoms with van der Waals surface area (Å²) in [7, 11) is 1.91. The van der Waals surface area contributed by atoms with Crippen molar-refractivity contribution < 1.29 is 0 Å². The molecule has 0 aliphatic heterocycles. The molecule has 0 aliphatic rings. The molecule has 0 fully saturated rings. The summed E-state index contributed by atoms with van der Waals surface area (Å²) >= 11 is 3.07. The summed E-state index contributed by atoms with van der Waals surface area (Å²) in [5.41, 5.74) is 9.47. The summed E-state index contributed by atoms with van der Waals surface area (Å²) in [6.45, 7) is 2.47. The summed E-state index contributed by atoms with van der Waals surface area (Å²) in [5, 5.41) is 13.2. The molecule has 0 spiro atoms. The zero-order chi connectivity index (χ0) is 10.8. The molecule has 0 amide bonds. The molecule has 0 aliphatic carbocycles. The zero-order valence-electron chi connectivity index (χ0n) is 8.47. The quantitative estimate of drug-likeness (QED) is 0.874. The Balaban J connectivity index is 2.35. The van der Waals surface area contributed by atoms with E-state index in [1.165, 1.54) is 11.3 Å². The number of hydrogen-bond acceptors (Lipinski definition) is 6. The van der Waals surface area contributed by atoms with Crippen LogP contribution in [0.15, 0.2) is 14.9 Å². The Bertz CT molecular complexity index is 448. The van der Waals surface area contributed by atoms with Gasteiger partial charge in [-0.3, -0.25) is 4.68 Å². The number of nitrogens with two attached hydrogens (primary N) is 1. The highest BCUT2D eigenvalue weighted by molar-refractivity contribution is 8.01. The maximum absolute atomic E-state index is 5.69. The predicted octanol–water partition coefficient (Wildman–Crippen LogP) is 1.19. The van der Waals surface area contributed by atoms with Gasteiger partial charge in [-0.2, -0.15) is 5.10 Å². The van der Waals surface area contributed by atoms with Crippen LogP contribution in [0, 0.1) is 6.92 Å². The summed E-state index contributed by atoms with van der Waals surface area (Å²) in [5.74, 6) is 0. The summed E-state index contributed by atoms with van der Waals surface area (Å²) in [4.78, 5) is 0. The van der Waals surface area contributed by atoms with Crippen LogP contribution < -0.4 is 5.73 Å². The van der Waals surface area contributed by atoms with Gasteiger partial charge >= 0.3 is 0 Å². The Morgan fingerprint density at radius 2 is 2.40 bits per heavy atom.